The van der Waals surface area contributed by atoms with E-state index in [0.717, 1.165) is 19.4 Å². The number of rotatable bonds is 2. The first kappa shape index (κ1) is 7.53. The van der Waals surface area contributed by atoms with Crippen molar-refractivity contribution in [2.24, 2.45) is 0 Å². The van der Waals surface area contributed by atoms with Crippen LogP contribution < -0.4 is 5.32 Å². The van der Waals surface area contributed by atoms with Crippen LogP contribution in [0.2, 0.25) is 0 Å². The smallest absolute Gasteiger partial charge is 0.152 e. The second kappa shape index (κ2) is 2.44. The minimum absolute atomic E-state index is 0.00579. The first-order chi connectivity index (χ1) is 5.23. The zero-order valence-electron chi connectivity index (χ0n) is 6.84. The van der Waals surface area contributed by atoms with Crippen LogP contribution in [0, 0.1) is 0 Å². The van der Waals surface area contributed by atoms with E-state index in [1.807, 2.05) is 0 Å². The molecule has 1 saturated carbocycles. The normalized spacial score (nSPS) is 44.7. The molecule has 0 spiro atoms. The summed E-state index contributed by atoms with van der Waals surface area (Å²) in [5.41, 5.74) is -0.00579. The molecule has 3 heteroatoms. The molecule has 64 valence electrons. The Morgan fingerprint density at radius 2 is 2.45 bits per heavy atom. The van der Waals surface area contributed by atoms with Gasteiger partial charge in [0.05, 0.1) is 5.60 Å². The summed E-state index contributed by atoms with van der Waals surface area (Å²) >= 11 is 0. The minimum atomic E-state index is -0.613. The lowest BCUT2D eigenvalue weighted by molar-refractivity contribution is -0.207. The van der Waals surface area contributed by atoms with E-state index in [-0.39, 0.29) is 5.60 Å². The Morgan fingerprint density at radius 3 is 2.91 bits per heavy atom. The molecule has 3 atom stereocenters. The summed E-state index contributed by atoms with van der Waals surface area (Å²) < 4.78 is 5.49. The molecule has 2 aliphatic rings. The third-order valence-electron chi connectivity index (χ3n) is 2.84. The molecule has 0 amide bonds. The minimum Gasteiger partial charge on any atom is -0.368 e. The summed E-state index contributed by atoms with van der Waals surface area (Å²) in [7, 11) is 0. The van der Waals surface area contributed by atoms with Crippen molar-refractivity contribution in [3.8, 4) is 0 Å². The van der Waals surface area contributed by atoms with E-state index in [1.54, 1.807) is 6.92 Å². The molecule has 0 aromatic carbocycles. The first-order valence-corrected chi connectivity index (χ1v) is 4.32. The van der Waals surface area contributed by atoms with Crippen molar-refractivity contribution in [1.82, 2.24) is 5.32 Å². The molecule has 3 unspecified atom stereocenters. The summed E-state index contributed by atoms with van der Waals surface area (Å²) in [4.78, 5) is 0. The molecule has 0 aromatic heterocycles. The predicted octanol–water partition coefficient (Wildman–Crippen LogP) is 0.236. The zero-order chi connectivity index (χ0) is 7.90. The van der Waals surface area contributed by atoms with Crippen molar-refractivity contribution in [1.29, 1.82) is 0 Å². The zero-order valence-corrected chi connectivity index (χ0v) is 6.84. The molecule has 1 aliphatic heterocycles. The topological polar surface area (TPSA) is 41.5 Å². The van der Waals surface area contributed by atoms with Crippen molar-refractivity contribution in [2.45, 2.75) is 44.1 Å². The van der Waals surface area contributed by atoms with Crippen LogP contribution in [0.4, 0.5) is 0 Å². The molecule has 11 heavy (non-hydrogen) atoms. The van der Waals surface area contributed by atoms with Crippen LogP contribution in [0.15, 0.2) is 0 Å². The highest BCUT2D eigenvalue weighted by Gasteiger charge is 2.51. The maximum atomic E-state index is 9.08. The van der Waals surface area contributed by atoms with Crippen LogP contribution in [0.1, 0.15) is 26.2 Å². The third kappa shape index (κ3) is 1.08. The number of aliphatic hydroxyl groups is 1. The van der Waals surface area contributed by atoms with Gasteiger partial charge in [0.15, 0.2) is 6.29 Å². The van der Waals surface area contributed by atoms with Crippen LogP contribution in [-0.4, -0.2) is 29.6 Å². The number of nitrogens with one attached hydrogen (secondary N) is 1. The Kier molecular flexibility index (Phi) is 1.67. The maximum absolute atomic E-state index is 9.08. The van der Waals surface area contributed by atoms with Gasteiger partial charge in [-0.15, -0.1) is 0 Å². The van der Waals surface area contributed by atoms with Gasteiger partial charge in [-0.25, -0.2) is 0 Å². The standard InChI is InChI=1S/C8H15NO2/c1-6(10)11-8-3-2-7(8)9-5-4-8/h6-7,9-10H,2-5H2,1H3. The molecule has 1 saturated heterocycles. The number of hydrogen-bond acceptors (Lipinski definition) is 3. The Hall–Kier alpha value is -0.120. The lowest BCUT2D eigenvalue weighted by atomic mass is 9.75. The molecule has 0 radical (unpaired) electrons. The summed E-state index contributed by atoms with van der Waals surface area (Å²) in [5, 5.41) is 12.4. The monoisotopic (exact) mass is 157 g/mol. The van der Waals surface area contributed by atoms with Crippen molar-refractivity contribution >= 4 is 0 Å². The van der Waals surface area contributed by atoms with Crippen molar-refractivity contribution in [2.75, 3.05) is 6.54 Å². The lowest BCUT2D eigenvalue weighted by Crippen LogP contribution is -2.55. The van der Waals surface area contributed by atoms with Crippen LogP contribution in [0.25, 0.3) is 0 Å². The Bertz CT molecular complexity index is 160. The van der Waals surface area contributed by atoms with Crippen LogP contribution in [0.3, 0.4) is 0 Å². The molecule has 2 fully saturated rings. The van der Waals surface area contributed by atoms with Crippen molar-refractivity contribution in [3.63, 3.8) is 0 Å². The highest BCUT2D eigenvalue weighted by Crippen LogP contribution is 2.42. The van der Waals surface area contributed by atoms with Gasteiger partial charge in [-0.05, 0) is 32.7 Å². The van der Waals surface area contributed by atoms with Gasteiger partial charge >= 0.3 is 0 Å². The highest BCUT2D eigenvalue weighted by atomic mass is 16.6. The van der Waals surface area contributed by atoms with Gasteiger partial charge < -0.3 is 15.2 Å². The van der Waals surface area contributed by atoms with Gasteiger partial charge in [-0.3, -0.25) is 0 Å². The number of hydrogen-bond donors (Lipinski definition) is 2. The number of aliphatic hydroxyl groups excluding tert-OH is 1. The van der Waals surface area contributed by atoms with Gasteiger partial charge in [0.2, 0.25) is 0 Å². The largest absolute Gasteiger partial charge is 0.368 e. The fourth-order valence-electron chi connectivity index (χ4n) is 2.20. The molecule has 2 rings (SSSR count). The van der Waals surface area contributed by atoms with Gasteiger partial charge in [0.1, 0.15) is 0 Å². The van der Waals surface area contributed by atoms with Gasteiger partial charge in [0.25, 0.3) is 0 Å². The fraction of sp³-hybridized carbons (Fsp3) is 1.00. The van der Waals surface area contributed by atoms with E-state index in [2.05, 4.69) is 5.32 Å². The van der Waals surface area contributed by atoms with Crippen LogP contribution in [0.5, 0.6) is 0 Å². The Morgan fingerprint density at radius 1 is 1.64 bits per heavy atom. The van der Waals surface area contributed by atoms with Crippen LogP contribution >= 0.6 is 0 Å². The second-order valence-corrected chi connectivity index (χ2v) is 3.58. The number of ether oxygens (including phenoxy) is 1. The summed E-state index contributed by atoms with van der Waals surface area (Å²) in [6, 6.07) is 0.511. The molecular formula is C8H15NO2. The quantitative estimate of drug-likeness (QED) is 0.564. The third-order valence-corrected chi connectivity index (χ3v) is 2.84. The summed E-state index contributed by atoms with van der Waals surface area (Å²) in [6.07, 6.45) is 2.75. The SMILES string of the molecule is CC(O)OC12CCNC1CC2. The van der Waals surface area contributed by atoms with E-state index in [0.29, 0.717) is 6.04 Å². The lowest BCUT2D eigenvalue weighted by Gasteiger charge is -2.44. The molecule has 1 heterocycles. The highest BCUT2D eigenvalue weighted by molar-refractivity contribution is 5.07. The van der Waals surface area contributed by atoms with E-state index >= 15 is 0 Å². The van der Waals surface area contributed by atoms with Crippen LogP contribution in [-0.2, 0) is 4.74 Å². The van der Waals surface area contributed by atoms with Gasteiger partial charge in [0, 0.05) is 6.04 Å². The van der Waals surface area contributed by atoms with Gasteiger partial charge in [-0.1, -0.05) is 0 Å². The number of fused-ring (bicyclic) bond motifs is 1. The predicted molar refractivity (Wildman–Crippen MR) is 41.1 cm³/mol. The van der Waals surface area contributed by atoms with Crippen molar-refractivity contribution < 1.29 is 9.84 Å². The Balaban J connectivity index is 1.98. The Labute approximate surface area is 66.7 Å². The van der Waals surface area contributed by atoms with E-state index in [4.69, 9.17) is 9.84 Å². The van der Waals surface area contributed by atoms with E-state index in [1.165, 1.54) is 6.42 Å². The summed E-state index contributed by atoms with van der Waals surface area (Å²) in [6.45, 7) is 2.72. The average molecular weight is 157 g/mol. The van der Waals surface area contributed by atoms with Gasteiger partial charge in [-0.2, -0.15) is 0 Å². The molecule has 0 aromatic rings. The van der Waals surface area contributed by atoms with Crippen molar-refractivity contribution in [3.05, 3.63) is 0 Å². The molecule has 1 aliphatic carbocycles. The molecule has 3 nitrogen and oxygen atoms in total. The second-order valence-electron chi connectivity index (χ2n) is 3.58. The van der Waals surface area contributed by atoms with E-state index in [9.17, 15) is 0 Å². The summed E-state index contributed by atoms with van der Waals surface area (Å²) in [5.74, 6) is 0. The molecular weight excluding hydrogens is 142 g/mol. The first-order valence-electron chi connectivity index (χ1n) is 4.32. The maximum Gasteiger partial charge on any atom is 0.152 e. The van der Waals surface area contributed by atoms with E-state index < -0.39 is 6.29 Å². The average Bonchev–Trinajstić information content (AvgIpc) is 2.13. The molecule has 2 N–H and O–H groups in total. The molecule has 0 bridgehead atoms. The fourth-order valence-corrected chi connectivity index (χ4v) is 2.20.